The summed E-state index contributed by atoms with van der Waals surface area (Å²) < 4.78 is 6.78. The van der Waals surface area contributed by atoms with Gasteiger partial charge in [-0.25, -0.2) is 0 Å². The lowest BCUT2D eigenvalue weighted by atomic mass is 10.1. The van der Waals surface area contributed by atoms with Gasteiger partial charge >= 0.3 is 0 Å². The first kappa shape index (κ1) is 16.3. The quantitative estimate of drug-likeness (QED) is 0.808. The highest BCUT2D eigenvalue weighted by molar-refractivity contribution is 9.10. The van der Waals surface area contributed by atoms with Crippen LogP contribution in [0, 0.1) is 0 Å². The van der Waals surface area contributed by atoms with Gasteiger partial charge < -0.3 is 15.8 Å². The van der Waals surface area contributed by atoms with Crippen molar-refractivity contribution in [2.75, 3.05) is 32.8 Å². The van der Waals surface area contributed by atoms with Crippen LogP contribution in [0.2, 0.25) is 0 Å². The molecule has 1 amide bonds. The zero-order chi connectivity index (χ0) is 15.1. The van der Waals surface area contributed by atoms with Gasteiger partial charge in [0.25, 0.3) is 0 Å². The molecule has 1 aromatic carbocycles. The Morgan fingerprint density at radius 3 is 2.62 bits per heavy atom. The lowest BCUT2D eigenvalue weighted by Gasteiger charge is -2.32. The van der Waals surface area contributed by atoms with Crippen LogP contribution in [-0.4, -0.2) is 49.6 Å². The molecule has 0 bridgehead atoms. The molecule has 21 heavy (non-hydrogen) atoms. The van der Waals surface area contributed by atoms with E-state index in [2.05, 4.69) is 26.1 Å². The lowest BCUT2D eigenvalue weighted by molar-refractivity contribution is -0.120. The van der Waals surface area contributed by atoms with Crippen LogP contribution in [0.5, 0.6) is 5.75 Å². The van der Waals surface area contributed by atoms with Crippen molar-refractivity contribution in [2.45, 2.75) is 18.9 Å². The first-order valence-corrected chi connectivity index (χ1v) is 8.07. The van der Waals surface area contributed by atoms with Gasteiger partial charge in [0.15, 0.2) is 0 Å². The molecule has 1 heterocycles. The fraction of sp³-hybridized carbons (Fsp3) is 0.533. The minimum atomic E-state index is -0.0629. The van der Waals surface area contributed by atoms with Crippen molar-refractivity contribution in [2.24, 2.45) is 5.73 Å². The van der Waals surface area contributed by atoms with Crippen molar-refractivity contribution >= 4 is 21.8 Å². The Morgan fingerprint density at radius 1 is 1.33 bits per heavy atom. The van der Waals surface area contributed by atoms with E-state index in [0.717, 1.165) is 42.7 Å². The Balaban J connectivity index is 1.62. The highest BCUT2D eigenvalue weighted by Crippen LogP contribution is 2.16. The van der Waals surface area contributed by atoms with Crippen LogP contribution >= 0.6 is 15.9 Å². The van der Waals surface area contributed by atoms with E-state index in [1.165, 1.54) is 0 Å². The normalized spacial score (nSPS) is 16.7. The van der Waals surface area contributed by atoms with Crippen LogP contribution in [0.4, 0.5) is 0 Å². The van der Waals surface area contributed by atoms with Crippen LogP contribution in [0.3, 0.4) is 0 Å². The maximum atomic E-state index is 11.2. The summed E-state index contributed by atoms with van der Waals surface area (Å²) >= 11 is 3.40. The number of ether oxygens (including phenoxy) is 1. The number of benzene rings is 1. The standard InChI is InChI=1S/C15H22BrN3O2/c16-12-1-3-14(4-2-12)21-10-9-19-7-5-13(6-8-19)18-15(20)11-17/h1-4,13H,5-11,17H2,(H,18,20). The molecule has 0 aliphatic carbocycles. The fourth-order valence-corrected chi connectivity index (χ4v) is 2.68. The number of likely N-dealkylation sites (tertiary alicyclic amines) is 1. The molecule has 1 aliphatic rings. The van der Waals surface area contributed by atoms with Crippen molar-refractivity contribution in [3.8, 4) is 5.75 Å². The molecule has 2 rings (SSSR count). The predicted octanol–water partition coefficient (Wildman–Crippen LogP) is 1.37. The first-order chi connectivity index (χ1) is 10.2. The third kappa shape index (κ3) is 5.65. The Labute approximate surface area is 134 Å². The van der Waals surface area contributed by atoms with Gasteiger partial charge in [-0.15, -0.1) is 0 Å². The second kappa shape index (κ2) is 8.36. The number of carbonyl (C=O) groups is 1. The topological polar surface area (TPSA) is 67.6 Å². The average Bonchev–Trinajstić information content (AvgIpc) is 2.51. The summed E-state index contributed by atoms with van der Waals surface area (Å²) in [5.74, 6) is 0.829. The number of carbonyl (C=O) groups excluding carboxylic acids is 1. The van der Waals surface area contributed by atoms with Crippen molar-refractivity contribution in [3.05, 3.63) is 28.7 Å². The van der Waals surface area contributed by atoms with Crippen LogP contribution in [0.1, 0.15) is 12.8 Å². The molecule has 0 atom stereocenters. The SMILES string of the molecule is NCC(=O)NC1CCN(CCOc2ccc(Br)cc2)CC1. The number of hydrogen-bond acceptors (Lipinski definition) is 4. The zero-order valence-corrected chi connectivity index (χ0v) is 13.6. The largest absolute Gasteiger partial charge is 0.492 e. The van der Waals surface area contributed by atoms with Crippen molar-refractivity contribution in [1.82, 2.24) is 10.2 Å². The molecule has 1 aromatic rings. The minimum absolute atomic E-state index is 0.0629. The summed E-state index contributed by atoms with van der Waals surface area (Å²) in [5, 5.41) is 2.95. The Morgan fingerprint density at radius 2 is 2.00 bits per heavy atom. The number of amides is 1. The maximum absolute atomic E-state index is 11.2. The number of nitrogens with two attached hydrogens (primary N) is 1. The fourth-order valence-electron chi connectivity index (χ4n) is 2.41. The van der Waals surface area contributed by atoms with Crippen LogP contribution in [0.25, 0.3) is 0 Å². The number of halogens is 1. The summed E-state index contributed by atoms with van der Waals surface area (Å²) in [6.45, 7) is 3.63. The smallest absolute Gasteiger partial charge is 0.233 e. The minimum Gasteiger partial charge on any atom is -0.492 e. The van der Waals surface area contributed by atoms with Gasteiger partial charge in [-0.2, -0.15) is 0 Å². The van der Waals surface area contributed by atoms with E-state index in [1.54, 1.807) is 0 Å². The second-order valence-corrected chi connectivity index (χ2v) is 6.11. The number of hydrogen-bond donors (Lipinski definition) is 2. The molecule has 6 heteroatoms. The van der Waals surface area contributed by atoms with E-state index in [4.69, 9.17) is 10.5 Å². The highest BCUT2D eigenvalue weighted by atomic mass is 79.9. The molecule has 5 nitrogen and oxygen atoms in total. The van der Waals surface area contributed by atoms with Gasteiger partial charge in [0.05, 0.1) is 6.54 Å². The van der Waals surface area contributed by atoms with Gasteiger partial charge in [-0.3, -0.25) is 9.69 Å². The van der Waals surface area contributed by atoms with E-state index < -0.39 is 0 Å². The Bertz CT molecular complexity index is 445. The van der Waals surface area contributed by atoms with Crippen molar-refractivity contribution < 1.29 is 9.53 Å². The number of nitrogens with one attached hydrogen (secondary N) is 1. The number of piperidine rings is 1. The van der Waals surface area contributed by atoms with Gasteiger partial charge in [-0.05, 0) is 37.1 Å². The summed E-state index contributed by atoms with van der Waals surface area (Å²) in [5.41, 5.74) is 5.30. The number of nitrogens with zero attached hydrogens (tertiary/aromatic N) is 1. The Hall–Kier alpha value is -1.11. The Kier molecular flexibility index (Phi) is 6.48. The van der Waals surface area contributed by atoms with E-state index in [-0.39, 0.29) is 18.5 Å². The molecule has 0 spiro atoms. The monoisotopic (exact) mass is 355 g/mol. The van der Waals surface area contributed by atoms with E-state index in [0.29, 0.717) is 6.61 Å². The molecular weight excluding hydrogens is 334 g/mol. The molecule has 1 fully saturated rings. The van der Waals surface area contributed by atoms with Crippen LogP contribution < -0.4 is 15.8 Å². The molecule has 0 unspecified atom stereocenters. The average molecular weight is 356 g/mol. The molecule has 1 saturated heterocycles. The van der Waals surface area contributed by atoms with Crippen molar-refractivity contribution in [3.63, 3.8) is 0 Å². The van der Waals surface area contributed by atoms with Crippen LogP contribution in [0.15, 0.2) is 28.7 Å². The molecule has 116 valence electrons. The van der Waals surface area contributed by atoms with Crippen LogP contribution in [-0.2, 0) is 4.79 Å². The molecule has 0 radical (unpaired) electrons. The maximum Gasteiger partial charge on any atom is 0.233 e. The zero-order valence-electron chi connectivity index (χ0n) is 12.1. The molecular formula is C15H22BrN3O2. The highest BCUT2D eigenvalue weighted by Gasteiger charge is 2.19. The second-order valence-electron chi connectivity index (χ2n) is 5.19. The summed E-state index contributed by atoms with van der Waals surface area (Å²) in [7, 11) is 0. The van der Waals surface area contributed by atoms with E-state index in [1.807, 2.05) is 24.3 Å². The van der Waals surface area contributed by atoms with E-state index >= 15 is 0 Å². The van der Waals surface area contributed by atoms with Gasteiger partial charge in [-0.1, -0.05) is 15.9 Å². The van der Waals surface area contributed by atoms with Gasteiger partial charge in [0, 0.05) is 30.1 Å². The predicted molar refractivity (Wildman–Crippen MR) is 86.3 cm³/mol. The lowest BCUT2D eigenvalue weighted by Crippen LogP contribution is -2.46. The first-order valence-electron chi connectivity index (χ1n) is 7.27. The van der Waals surface area contributed by atoms with Crippen molar-refractivity contribution in [1.29, 1.82) is 0 Å². The molecule has 0 saturated carbocycles. The van der Waals surface area contributed by atoms with E-state index in [9.17, 15) is 4.79 Å². The third-order valence-corrected chi connectivity index (χ3v) is 4.16. The summed E-state index contributed by atoms with van der Waals surface area (Å²) in [4.78, 5) is 13.6. The molecule has 3 N–H and O–H groups in total. The number of rotatable bonds is 6. The third-order valence-electron chi connectivity index (χ3n) is 3.63. The van der Waals surface area contributed by atoms with Gasteiger partial charge in [0.1, 0.15) is 12.4 Å². The van der Waals surface area contributed by atoms with Gasteiger partial charge in [0.2, 0.25) is 5.91 Å². The molecule has 0 aromatic heterocycles. The summed E-state index contributed by atoms with van der Waals surface area (Å²) in [6, 6.07) is 8.13. The summed E-state index contributed by atoms with van der Waals surface area (Å²) in [6.07, 6.45) is 1.95. The molecule has 1 aliphatic heterocycles.